The Labute approximate surface area is 166 Å². The van der Waals surface area contributed by atoms with Gasteiger partial charge in [0.1, 0.15) is 11.5 Å². The fraction of sp³-hybridized carbons (Fsp3) is 0.150. The maximum absolute atomic E-state index is 12.6. The lowest BCUT2D eigenvalue weighted by molar-refractivity contribution is -0.121. The van der Waals surface area contributed by atoms with Gasteiger partial charge < -0.3 is 14.6 Å². The van der Waals surface area contributed by atoms with Crippen molar-refractivity contribution in [2.45, 2.75) is 0 Å². The van der Waals surface area contributed by atoms with E-state index >= 15 is 0 Å². The van der Waals surface area contributed by atoms with E-state index in [-0.39, 0.29) is 11.5 Å². The van der Waals surface area contributed by atoms with E-state index in [2.05, 4.69) is 4.99 Å². The zero-order valence-electron chi connectivity index (χ0n) is 15.5. The van der Waals surface area contributed by atoms with Crippen LogP contribution in [0.25, 0.3) is 6.08 Å². The molecule has 28 heavy (non-hydrogen) atoms. The second kappa shape index (κ2) is 8.18. The Morgan fingerprint density at radius 1 is 1.14 bits per heavy atom. The number of aromatic carboxylic acids is 1. The van der Waals surface area contributed by atoms with Gasteiger partial charge in [0.05, 0.1) is 30.4 Å². The summed E-state index contributed by atoms with van der Waals surface area (Å²) in [6.45, 7) is 0. The molecule has 0 aliphatic carbocycles. The number of amides is 1. The minimum atomic E-state index is -1.00. The molecule has 2 aromatic carbocycles. The lowest BCUT2D eigenvalue weighted by Gasteiger charge is -2.08. The van der Waals surface area contributed by atoms with E-state index in [1.54, 1.807) is 57.7 Å². The number of thioether (sulfide) groups is 1. The molecule has 1 heterocycles. The van der Waals surface area contributed by atoms with Gasteiger partial charge in [0.15, 0.2) is 5.17 Å². The number of nitrogens with zero attached hydrogens (tertiary/aromatic N) is 2. The lowest BCUT2D eigenvalue weighted by atomic mass is 10.1. The van der Waals surface area contributed by atoms with E-state index in [1.807, 2.05) is 0 Å². The lowest BCUT2D eigenvalue weighted by Crippen LogP contribution is -2.23. The van der Waals surface area contributed by atoms with Gasteiger partial charge in [-0.05, 0) is 60.3 Å². The first-order valence-corrected chi connectivity index (χ1v) is 9.06. The minimum Gasteiger partial charge on any atom is -0.497 e. The number of benzene rings is 2. The standard InChI is InChI=1S/C20H18N2O5S/c1-22-18(23)17(11-13-10-15(26-2)8-9-16(13)27-3)28-20(22)21-14-6-4-12(5-7-14)19(24)25/h4-11H,1-3H3,(H,24,25)/b17-11-,21-20?. The zero-order valence-corrected chi connectivity index (χ0v) is 16.3. The summed E-state index contributed by atoms with van der Waals surface area (Å²) in [5, 5.41) is 9.47. The summed E-state index contributed by atoms with van der Waals surface area (Å²) in [4.78, 5) is 30.0. The second-order valence-electron chi connectivity index (χ2n) is 5.83. The number of carbonyl (C=O) groups excluding carboxylic acids is 1. The first-order valence-electron chi connectivity index (χ1n) is 8.24. The van der Waals surface area contributed by atoms with Gasteiger partial charge in [-0.3, -0.25) is 9.69 Å². The van der Waals surface area contributed by atoms with Crippen LogP contribution in [0.4, 0.5) is 5.69 Å². The SMILES string of the molecule is COc1ccc(OC)c(/C=C2\SC(=Nc3ccc(C(=O)O)cc3)N(C)C2=O)c1. The Morgan fingerprint density at radius 2 is 1.86 bits per heavy atom. The van der Waals surface area contributed by atoms with Crippen LogP contribution in [0.3, 0.4) is 0 Å². The van der Waals surface area contributed by atoms with Crippen molar-refractivity contribution < 1.29 is 24.2 Å². The van der Waals surface area contributed by atoms with E-state index in [1.165, 1.54) is 28.8 Å². The van der Waals surface area contributed by atoms with E-state index in [0.29, 0.717) is 27.3 Å². The number of carboxylic acid groups (broad SMARTS) is 1. The summed E-state index contributed by atoms with van der Waals surface area (Å²) in [6, 6.07) is 11.5. The van der Waals surface area contributed by atoms with Crippen molar-refractivity contribution in [1.29, 1.82) is 0 Å². The highest BCUT2D eigenvalue weighted by Gasteiger charge is 2.30. The molecule has 3 rings (SSSR count). The Hall–Kier alpha value is -3.26. The summed E-state index contributed by atoms with van der Waals surface area (Å²) in [5.74, 6) is 0.0952. The summed E-state index contributed by atoms with van der Waals surface area (Å²) >= 11 is 1.23. The number of methoxy groups -OCH3 is 2. The zero-order chi connectivity index (χ0) is 20.3. The van der Waals surface area contributed by atoms with Crippen LogP contribution in [0.15, 0.2) is 52.4 Å². The summed E-state index contributed by atoms with van der Waals surface area (Å²) in [7, 11) is 4.78. The number of amidine groups is 1. The average molecular weight is 398 g/mol. The molecule has 144 valence electrons. The molecular formula is C20H18N2O5S. The summed E-state index contributed by atoms with van der Waals surface area (Å²) in [5.41, 5.74) is 1.46. The summed E-state index contributed by atoms with van der Waals surface area (Å²) < 4.78 is 10.6. The third-order valence-electron chi connectivity index (χ3n) is 4.07. The molecular weight excluding hydrogens is 380 g/mol. The van der Waals surface area contributed by atoms with Crippen LogP contribution in [0.5, 0.6) is 11.5 Å². The molecule has 7 nitrogen and oxygen atoms in total. The number of carboxylic acids is 1. The van der Waals surface area contributed by atoms with Crippen LogP contribution < -0.4 is 9.47 Å². The van der Waals surface area contributed by atoms with Crippen molar-refractivity contribution >= 4 is 40.6 Å². The molecule has 1 aliphatic rings. The quantitative estimate of drug-likeness (QED) is 0.774. The van der Waals surface area contributed by atoms with E-state index in [0.717, 1.165) is 5.56 Å². The third kappa shape index (κ3) is 4.01. The minimum absolute atomic E-state index is 0.179. The van der Waals surface area contributed by atoms with Crippen molar-refractivity contribution in [3.8, 4) is 11.5 Å². The van der Waals surface area contributed by atoms with Crippen molar-refractivity contribution in [1.82, 2.24) is 4.90 Å². The first kappa shape index (κ1) is 19.5. The number of hydrogen-bond donors (Lipinski definition) is 1. The van der Waals surface area contributed by atoms with E-state index < -0.39 is 5.97 Å². The number of ether oxygens (including phenoxy) is 2. The predicted molar refractivity (Wildman–Crippen MR) is 108 cm³/mol. The molecule has 1 aliphatic heterocycles. The molecule has 0 bridgehead atoms. The highest BCUT2D eigenvalue weighted by Crippen LogP contribution is 2.35. The molecule has 1 fully saturated rings. The number of aliphatic imine (C=N–C) groups is 1. The van der Waals surface area contributed by atoms with Crippen molar-refractivity contribution in [2.24, 2.45) is 4.99 Å². The number of rotatable bonds is 5. The van der Waals surface area contributed by atoms with Crippen LogP contribution in [-0.4, -0.2) is 48.3 Å². The van der Waals surface area contributed by atoms with Gasteiger partial charge in [0.2, 0.25) is 0 Å². The average Bonchev–Trinajstić information content (AvgIpc) is 2.96. The van der Waals surface area contributed by atoms with Gasteiger partial charge in [0, 0.05) is 12.6 Å². The normalized spacial score (nSPS) is 16.7. The predicted octanol–water partition coefficient (Wildman–Crippen LogP) is 3.64. The van der Waals surface area contributed by atoms with Crippen LogP contribution in [0, 0.1) is 0 Å². The smallest absolute Gasteiger partial charge is 0.335 e. The van der Waals surface area contributed by atoms with Crippen LogP contribution in [0.2, 0.25) is 0 Å². The largest absolute Gasteiger partial charge is 0.497 e. The molecule has 0 radical (unpaired) electrons. The van der Waals surface area contributed by atoms with Gasteiger partial charge in [-0.2, -0.15) is 0 Å². The highest BCUT2D eigenvalue weighted by molar-refractivity contribution is 8.18. The Kier molecular flexibility index (Phi) is 5.70. The number of carbonyl (C=O) groups is 2. The Morgan fingerprint density at radius 3 is 2.46 bits per heavy atom. The van der Waals surface area contributed by atoms with Crippen molar-refractivity contribution in [2.75, 3.05) is 21.3 Å². The molecule has 1 saturated heterocycles. The van der Waals surface area contributed by atoms with E-state index in [9.17, 15) is 9.59 Å². The van der Waals surface area contributed by atoms with Gasteiger partial charge >= 0.3 is 5.97 Å². The molecule has 0 unspecified atom stereocenters. The Bertz CT molecular complexity index is 983. The molecule has 1 amide bonds. The number of likely N-dealkylation sites (N-methyl/N-ethyl adjacent to an activating group) is 1. The van der Waals surface area contributed by atoms with Gasteiger partial charge in [-0.1, -0.05) is 0 Å². The second-order valence-corrected chi connectivity index (χ2v) is 6.84. The molecule has 1 N–H and O–H groups in total. The maximum atomic E-state index is 12.6. The molecule has 2 aromatic rings. The third-order valence-corrected chi connectivity index (χ3v) is 5.13. The number of hydrogen-bond acceptors (Lipinski definition) is 6. The van der Waals surface area contributed by atoms with Crippen LogP contribution in [-0.2, 0) is 4.79 Å². The first-order chi connectivity index (χ1) is 13.4. The molecule has 0 aromatic heterocycles. The molecule has 8 heteroatoms. The summed E-state index contributed by atoms with van der Waals surface area (Å²) in [6.07, 6.45) is 1.74. The fourth-order valence-electron chi connectivity index (χ4n) is 2.53. The van der Waals surface area contributed by atoms with Crippen molar-refractivity contribution in [3.05, 3.63) is 58.5 Å². The molecule has 0 saturated carbocycles. The topological polar surface area (TPSA) is 88.4 Å². The monoisotopic (exact) mass is 398 g/mol. The van der Waals surface area contributed by atoms with Gasteiger partial charge in [-0.25, -0.2) is 9.79 Å². The van der Waals surface area contributed by atoms with Crippen LogP contribution in [0.1, 0.15) is 15.9 Å². The van der Waals surface area contributed by atoms with Crippen molar-refractivity contribution in [3.63, 3.8) is 0 Å². The van der Waals surface area contributed by atoms with E-state index in [4.69, 9.17) is 14.6 Å². The van der Waals surface area contributed by atoms with Crippen LogP contribution >= 0.6 is 11.8 Å². The molecule has 0 atom stereocenters. The fourth-order valence-corrected chi connectivity index (χ4v) is 3.51. The molecule has 0 spiro atoms. The maximum Gasteiger partial charge on any atom is 0.335 e. The Balaban J connectivity index is 1.91. The highest BCUT2D eigenvalue weighted by atomic mass is 32.2. The van der Waals surface area contributed by atoms with Gasteiger partial charge in [0.25, 0.3) is 5.91 Å². The van der Waals surface area contributed by atoms with Gasteiger partial charge in [-0.15, -0.1) is 0 Å².